The van der Waals surface area contributed by atoms with Crippen molar-refractivity contribution in [2.24, 2.45) is 11.8 Å². The quantitative estimate of drug-likeness (QED) is 0.0642. The number of carboxylic acid groups (broad SMARTS) is 2. The molecule has 0 spiro atoms. The maximum Gasteiger partial charge on any atom is 0.416 e. The van der Waals surface area contributed by atoms with E-state index in [9.17, 15) is 47.0 Å². The highest BCUT2D eigenvalue weighted by Gasteiger charge is 2.41. The smallest absolute Gasteiger partial charge is 0.416 e. The standard InChI is InChI=1S/C29H36N4O5.C28H30F4N4O3/c1-37-25-8-7-21(17-26(25)38-2)31-29(36)33-15-11-20(12-16-33)27(28(34)35)32-13-9-19(10-14-32)23-18-30-24-6-4-3-5-22(23)24;29-20-13-19(28(30,31)32)14-21(15-20)34-27(39)36-11-7-18(8-12-36)25(26(37)38)35-9-5-17(6-10-35)23-16-33-24-4-2-1-3-22(23)24/h3-8,17-20,27,30H,9-16H2,1-2H3,(H,31,36)(H,34,35);1-4,13-18,25,33H,5-12H2,(H,34,39)(H,37,38). The van der Waals surface area contributed by atoms with Crippen LogP contribution in [0.5, 0.6) is 11.5 Å². The van der Waals surface area contributed by atoms with Gasteiger partial charge in [0.25, 0.3) is 0 Å². The van der Waals surface area contributed by atoms with E-state index in [0.29, 0.717) is 93.0 Å². The zero-order chi connectivity index (χ0) is 54.4. The van der Waals surface area contributed by atoms with Crippen LogP contribution < -0.4 is 20.1 Å². The number of hydrogen-bond donors (Lipinski definition) is 6. The van der Waals surface area contributed by atoms with Gasteiger partial charge in [0, 0.05) is 77.8 Å². The predicted octanol–water partition coefficient (Wildman–Crippen LogP) is 10.7. The lowest BCUT2D eigenvalue weighted by Crippen LogP contribution is -2.52. The van der Waals surface area contributed by atoms with Crippen LogP contribution in [-0.2, 0) is 15.8 Å². The van der Waals surface area contributed by atoms with E-state index in [1.807, 2.05) is 35.4 Å². The lowest BCUT2D eigenvalue weighted by molar-refractivity contribution is -0.147. The van der Waals surface area contributed by atoms with E-state index >= 15 is 0 Å². The molecule has 4 fully saturated rings. The van der Waals surface area contributed by atoms with Gasteiger partial charge in [-0.3, -0.25) is 19.4 Å². The van der Waals surface area contributed by atoms with Crippen molar-refractivity contribution in [2.45, 2.75) is 81.5 Å². The summed E-state index contributed by atoms with van der Waals surface area (Å²) in [6.45, 7) is 4.41. The fourth-order valence-corrected chi connectivity index (χ4v) is 12.1. The molecule has 20 heteroatoms. The average Bonchev–Trinajstić information content (AvgIpc) is 4.07. The number of piperidine rings is 4. The summed E-state index contributed by atoms with van der Waals surface area (Å²) in [5.41, 5.74) is 3.99. The number of para-hydroxylation sites is 2. The number of nitrogens with zero attached hydrogens (tertiary/aromatic N) is 4. The number of anilines is 2. The van der Waals surface area contributed by atoms with E-state index in [2.05, 4.69) is 56.0 Å². The minimum Gasteiger partial charge on any atom is -0.493 e. The fourth-order valence-electron chi connectivity index (χ4n) is 12.1. The van der Waals surface area contributed by atoms with E-state index < -0.39 is 47.6 Å². The van der Waals surface area contributed by atoms with Gasteiger partial charge in [0.15, 0.2) is 11.5 Å². The summed E-state index contributed by atoms with van der Waals surface area (Å²) in [6.07, 6.45) is 5.23. The number of alkyl halides is 3. The van der Waals surface area contributed by atoms with Crippen LogP contribution in [0.4, 0.5) is 38.5 Å². The number of H-pyrrole nitrogens is 2. The Morgan fingerprint density at radius 2 is 1.01 bits per heavy atom. The van der Waals surface area contributed by atoms with Crippen molar-refractivity contribution in [3.8, 4) is 11.5 Å². The molecule has 2 atom stereocenters. The first-order chi connectivity index (χ1) is 37.1. The van der Waals surface area contributed by atoms with E-state index in [4.69, 9.17) is 9.47 Å². The van der Waals surface area contributed by atoms with E-state index in [1.165, 1.54) is 26.8 Å². The van der Waals surface area contributed by atoms with Crippen molar-refractivity contribution in [2.75, 3.05) is 77.2 Å². The van der Waals surface area contributed by atoms with Crippen LogP contribution in [0.1, 0.15) is 79.9 Å². The molecular formula is C57H66F4N8O8. The van der Waals surface area contributed by atoms with Crippen LogP contribution in [0.3, 0.4) is 0 Å². The number of aromatic amines is 2. The van der Waals surface area contributed by atoms with Gasteiger partial charge >= 0.3 is 30.2 Å². The lowest BCUT2D eigenvalue weighted by Gasteiger charge is -2.41. The molecule has 16 nitrogen and oxygen atoms in total. The van der Waals surface area contributed by atoms with Gasteiger partial charge < -0.3 is 50.1 Å². The molecule has 410 valence electrons. The number of halogens is 4. The number of benzene rings is 4. The number of fused-ring (bicyclic) bond motifs is 2. The SMILES string of the molecule is COc1ccc(NC(=O)N2CCC(C(C(=O)O)N3CCC(c4c[nH]c5ccccc45)CC3)CC2)cc1OC.O=C(O)C(C1CCN(C(=O)Nc2cc(F)cc(C(F)(F)F)c2)CC1)N1CCC(c2c[nH]c3ccccc23)CC1. The summed E-state index contributed by atoms with van der Waals surface area (Å²) < 4.78 is 63.2. The molecule has 4 aromatic carbocycles. The molecule has 77 heavy (non-hydrogen) atoms. The molecule has 2 aromatic heterocycles. The second kappa shape index (κ2) is 23.9. The van der Waals surface area contributed by atoms with Crippen LogP contribution >= 0.6 is 0 Å². The summed E-state index contributed by atoms with van der Waals surface area (Å²) >= 11 is 0. The van der Waals surface area contributed by atoms with Gasteiger partial charge in [-0.15, -0.1) is 0 Å². The highest BCUT2D eigenvalue weighted by molar-refractivity contribution is 5.91. The van der Waals surface area contributed by atoms with Crippen LogP contribution in [0.2, 0.25) is 0 Å². The van der Waals surface area contributed by atoms with Crippen LogP contribution in [0.15, 0.2) is 97.3 Å². The molecule has 0 aliphatic carbocycles. The number of ether oxygens (including phenoxy) is 2. The largest absolute Gasteiger partial charge is 0.493 e. The molecule has 0 radical (unpaired) electrons. The number of carboxylic acids is 2. The highest BCUT2D eigenvalue weighted by Crippen LogP contribution is 2.39. The summed E-state index contributed by atoms with van der Waals surface area (Å²) in [5.74, 6) is -0.983. The number of methoxy groups -OCH3 is 2. The Labute approximate surface area is 443 Å². The first-order valence-electron chi connectivity index (χ1n) is 26.4. The third-order valence-electron chi connectivity index (χ3n) is 16.1. The number of aromatic nitrogens is 2. The number of nitrogens with one attached hydrogen (secondary N) is 4. The molecule has 4 saturated heterocycles. The maximum absolute atomic E-state index is 13.7. The topological polar surface area (TPSA) is 196 Å². The molecule has 6 N–H and O–H groups in total. The maximum atomic E-state index is 13.7. The van der Waals surface area contributed by atoms with Gasteiger partial charge in [-0.25, -0.2) is 14.0 Å². The van der Waals surface area contributed by atoms with Crippen LogP contribution in [-0.4, -0.2) is 142 Å². The predicted molar refractivity (Wildman–Crippen MR) is 284 cm³/mol. The number of rotatable bonds is 12. The number of amides is 4. The van der Waals surface area contributed by atoms with E-state index in [0.717, 1.165) is 55.9 Å². The van der Waals surface area contributed by atoms with Crippen LogP contribution in [0, 0.1) is 17.7 Å². The second-order valence-electron chi connectivity index (χ2n) is 20.6. The summed E-state index contributed by atoms with van der Waals surface area (Å²) in [4.78, 5) is 64.3. The normalized spacial score (nSPS) is 18.6. The Bertz CT molecular complexity index is 3020. The Balaban J connectivity index is 0.000000188. The number of likely N-dealkylation sites (tertiary alicyclic amines) is 4. The molecule has 10 rings (SSSR count). The molecular weight excluding hydrogens is 1000 g/mol. The van der Waals surface area contributed by atoms with Crippen LogP contribution in [0.25, 0.3) is 21.8 Å². The average molecular weight is 1070 g/mol. The van der Waals surface area contributed by atoms with Gasteiger partial charge in [0.05, 0.1) is 19.8 Å². The Morgan fingerprint density at radius 3 is 1.44 bits per heavy atom. The van der Waals surface area contributed by atoms with Crippen molar-refractivity contribution in [1.82, 2.24) is 29.6 Å². The van der Waals surface area contributed by atoms with Crippen molar-refractivity contribution in [3.63, 3.8) is 0 Å². The van der Waals surface area contributed by atoms with Gasteiger partial charge in [-0.2, -0.15) is 13.2 Å². The molecule has 2 unspecified atom stereocenters. The molecule has 4 aliphatic heterocycles. The minimum atomic E-state index is -4.74. The fraction of sp³-hybridized carbons (Fsp3) is 0.439. The second-order valence-corrected chi connectivity index (χ2v) is 20.6. The zero-order valence-electron chi connectivity index (χ0n) is 43.2. The van der Waals surface area contributed by atoms with Gasteiger partial charge in [-0.1, -0.05) is 36.4 Å². The third kappa shape index (κ3) is 12.6. The Morgan fingerprint density at radius 1 is 0.571 bits per heavy atom. The zero-order valence-corrected chi connectivity index (χ0v) is 43.2. The minimum absolute atomic E-state index is 0.0160. The first-order valence-corrected chi connectivity index (χ1v) is 26.4. The third-order valence-corrected chi connectivity index (χ3v) is 16.1. The number of urea groups is 2. The first kappa shape index (κ1) is 54.5. The summed E-state index contributed by atoms with van der Waals surface area (Å²) in [5, 5.41) is 28.0. The van der Waals surface area contributed by atoms with E-state index in [1.54, 1.807) is 37.3 Å². The van der Waals surface area contributed by atoms with E-state index in [-0.39, 0.29) is 36.6 Å². The molecule has 4 amide bonds. The molecule has 0 bridgehead atoms. The Kier molecular flexibility index (Phi) is 16.9. The number of hydrogen-bond acceptors (Lipinski definition) is 8. The number of carbonyl (C=O) groups is 4. The molecule has 0 saturated carbocycles. The lowest BCUT2D eigenvalue weighted by atomic mass is 9.84. The molecule has 6 heterocycles. The van der Waals surface area contributed by atoms with Crippen molar-refractivity contribution in [3.05, 3.63) is 120 Å². The van der Waals surface area contributed by atoms with Gasteiger partial charge in [0.2, 0.25) is 0 Å². The van der Waals surface area contributed by atoms with Gasteiger partial charge in [-0.05, 0) is 155 Å². The highest BCUT2D eigenvalue weighted by atomic mass is 19.4. The summed E-state index contributed by atoms with van der Waals surface area (Å²) in [7, 11) is 3.12. The van der Waals surface area contributed by atoms with Crippen molar-refractivity contribution < 1.29 is 56.4 Å². The Hall–Kier alpha value is -7.32. The summed E-state index contributed by atoms with van der Waals surface area (Å²) in [6, 6.07) is 21.6. The molecule has 4 aliphatic rings. The van der Waals surface area contributed by atoms with Crippen molar-refractivity contribution in [1.29, 1.82) is 0 Å². The van der Waals surface area contributed by atoms with Crippen molar-refractivity contribution >= 4 is 57.2 Å². The number of aliphatic carboxylic acids is 2. The number of carbonyl (C=O) groups excluding carboxylic acids is 2. The molecule has 6 aromatic rings. The van der Waals surface area contributed by atoms with Gasteiger partial charge in [0.1, 0.15) is 17.9 Å². The monoisotopic (exact) mass is 1070 g/mol.